The van der Waals surface area contributed by atoms with E-state index in [1.807, 2.05) is 0 Å². The molecular weight excluding hydrogens is 234 g/mol. The van der Waals surface area contributed by atoms with Crippen molar-refractivity contribution in [2.75, 3.05) is 6.54 Å². The van der Waals surface area contributed by atoms with Crippen LogP contribution in [-0.2, 0) is 12.0 Å². The third kappa shape index (κ3) is 3.27. The Labute approximate surface area is 115 Å². The van der Waals surface area contributed by atoms with Gasteiger partial charge < -0.3 is 9.73 Å². The smallest absolute Gasteiger partial charge is 0.134 e. The van der Waals surface area contributed by atoms with Crippen LogP contribution in [0.25, 0.3) is 11.3 Å². The van der Waals surface area contributed by atoms with Crippen LogP contribution in [0.1, 0.15) is 39.0 Å². The summed E-state index contributed by atoms with van der Waals surface area (Å²) < 4.78 is 5.95. The Kier molecular flexibility index (Phi) is 4.11. The van der Waals surface area contributed by atoms with E-state index in [4.69, 9.17) is 4.42 Å². The SMILES string of the molecule is CCNCc1ccc(-c2ccccc2C(C)(C)C)o1. The van der Waals surface area contributed by atoms with Gasteiger partial charge >= 0.3 is 0 Å². The number of hydrogen-bond donors (Lipinski definition) is 1. The third-order valence-corrected chi connectivity index (χ3v) is 3.21. The molecule has 1 aromatic heterocycles. The summed E-state index contributed by atoms with van der Waals surface area (Å²) in [6.07, 6.45) is 0. The Morgan fingerprint density at radius 1 is 1.05 bits per heavy atom. The Morgan fingerprint density at radius 3 is 2.47 bits per heavy atom. The van der Waals surface area contributed by atoms with Gasteiger partial charge in [0.1, 0.15) is 11.5 Å². The van der Waals surface area contributed by atoms with Crippen molar-refractivity contribution in [3.63, 3.8) is 0 Å². The molecule has 0 aliphatic rings. The van der Waals surface area contributed by atoms with E-state index < -0.39 is 0 Å². The molecule has 0 saturated heterocycles. The summed E-state index contributed by atoms with van der Waals surface area (Å²) in [5, 5.41) is 3.28. The third-order valence-electron chi connectivity index (χ3n) is 3.21. The number of benzene rings is 1. The molecule has 0 saturated carbocycles. The molecule has 102 valence electrons. The number of furan rings is 1. The van der Waals surface area contributed by atoms with Crippen molar-refractivity contribution in [1.82, 2.24) is 5.32 Å². The van der Waals surface area contributed by atoms with Gasteiger partial charge in [-0.2, -0.15) is 0 Å². The van der Waals surface area contributed by atoms with Crippen LogP contribution >= 0.6 is 0 Å². The summed E-state index contributed by atoms with van der Waals surface area (Å²) in [7, 11) is 0. The molecule has 0 atom stereocenters. The van der Waals surface area contributed by atoms with E-state index in [-0.39, 0.29) is 5.41 Å². The topological polar surface area (TPSA) is 25.2 Å². The molecule has 2 rings (SSSR count). The molecule has 2 heteroatoms. The van der Waals surface area contributed by atoms with E-state index in [1.54, 1.807) is 0 Å². The van der Waals surface area contributed by atoms with Crippen molar-refractivity contribution >= 4 is 0 Å². The van der Waals surface area contributed by atoms with E-state index in [0.29, 0.717) is 0 Å². The fourth-order valence-corrected chi connectivity index (χ4v) is 2.22. The molecule has 2 aromatic rings. The molecule has 1 heterocycles. The van der Waals surface area contributed by atoms with Gasteiger partial charge in [0.2, 0.25) is 0 Å². The summed E-state index contributed by atoms with van der Waals surface area (Å²) in [5.41, 5.74) is 2.63. The van der Waals surface area contributed by atoms with Crippen LogP contribution in [0.3, 0.4) is 0 Å². The average Bonchev–Trinajstić information content (AvgIpc) is 2.84. The fourth-order valence-electron chi connectivity index (χ4n) is 2.22. The second kappa shape index (κ2) is 5.62. The molecule has 0 bridgehead atoms. The summed E-state index contributed by atoms with van der Waals surface area (Å²) in [4.78, 5) is 0. The minimum atomic E-state index is 0.116. The van der Waals surface area contributed by atoms with Gasteiger partial charge in [-0.25, -0.2) is 0 Å². The predicted molar refractivity (Wildman–Crippen MR) is 80.2 cm³/mol. The Morgan fingerprint density at radius 2 is 1.79 bits per heavy atom. The predicted octanol–water partition coefficient (Wildman–Crippen LogP) is 4.35. The molecule has 0 fully saturated rings. The highest BCUT2D eigenvalue weighted by atomic mass is 16.3. The first-order chi connectivity index (χ1) is 9.02. The highest BCUT2D eigenvalue weighted by Gasteiger charge is 2.19. The quantitative estimate of drug-likeness (QED) is 0.880. The molecular formula is C17H23NO. The average molecular weight is 257 g/mol. The summed E-state index contributed by atoms with van der Waals surface area (Å²) in [6.45, 7) is 10.5. The first-order valence-corrected chi connectivity index (χ1v) is 6.91. The van der Waals surface area contributed by atoms with Crippen LogP contribution < -0.4 is 5.32 Å². The molecule has 2 nitrogen and oxygen atoms in total. The zero-order valence-corrected chi connectivity index (χ0v) is 12.3. The molecule has 19 heavy (non-hydrogen) atoms. The molecule has 1 N–H and O–H groups in total. The maximum atomic E-state index is 5.95. The lowest BCUT2D eigenvalue weighted by molar-refractivity contribution is 0.496. The maximum Gasteiger partial charge on any atom is 0.134 e. The molecule has 0 aliphatic heterocycles. The first-order valence-electron chi connectivity index (χ1n) is 6.91. The van der Waals surface area contributed by atoms with Gasteiger partial charge in [-0.15, -0.1) is 0 Å². The van der Waals surface area contributed by atoms with Crippen molar-refractivity contribution in [2.45, 2.75) is 39.7 Å². The maximum absolute atomic E-state index is 5.95. The van der Waals surface area contributed by atoms with Crippen molar-refractivity contribution in [1.29, 1.82) is 0 Å². The van der Waals surface area contributed by atoms with Crippen molar-refractivity contribution in [3.05, 3.63) is 47.7 Å². The number of rotatable bonds is 4. The summed E-state index contributed by atoms with van der Waals surface area (Å²) >= 11 is 0. The molecule has 1 aromatic carbocycles. The second-order valence-corrected chi connectivity index (χ2v) is 5.84. The van der Waals surface area contributed by atoms with Crippen LogP contribution in [0.2, 0.25) is 0 Å². The molecule has 0 unspecified atom stereocenters. The Bertz CT molecular complexity index is 534. The van der Waals surface area contributed by atoms with E-state index in [2.05, 4.69) is 69.4 Å². The van der Waals surface area contributed by atoms with Gasteiger partial charge in [-0.1, -0.05) is 52.0 Å². The normalized spacial score (nSPS) is 11.8. The lowest BCUT2D eigenvalue weighted by Crippen LogP contribution is -2.12. The summed E-state index contributed by atoms with van der Waals surface area (Å²) in [5.74, 6) is 1.94. The van der Waals surface area contributed by atoms with Gasteiger partial charge in [0, 0.05) is 5.56 Å². The lowest BCUT2D eigenvalue weighted by Gasteiger charge is -2.21. The van der Waals surface area contributed by atoms with Gasteiger partial charge in [0.05, 0.1) is 6.54 Å². The minimum Gasteiger partial charge on any atom is -0.460 e. The zero-order valence-electron chi connectivity index (χ0n) is 12.3. The molecule has 0 radical (unpaired) electrons. The number of hydrogen-bond acceptors (Lipinski definition) is 2. The zero-order chi connectivity index (χ0) is 13.9. The van der Waals surface area contributed by atoms with E-state index in [9.17, 15) is 0 Å². The second-order valence-electron chi connectivity index (χ2n) is 5.84. The largest absolute Gasteiger partial charge is 0.460 e. The van der Waals surface area contributed by atoms with Gasteiger partial charge in [-0.05, 0) is 29.7 Å². The van der Waals surface area contributed by atoms with Gasteiger partial charge in [-0.3, -0.25) is 0 Å². The molecule has 0 amide bonds. The summed E-state index contributed by atoms with van der Waals surface area (Å²) in [6, 6.07) is 12.6. The lowest BCUT2D eigenvalue weighted by atomic mass is 9.83. The highest BCUT2D eigenvalue weighted by Crippen LogP contribution is 2.33. The standard InChI is InChI=1S/C17H23NO/c1-5-18-12-13-10-11-16(19-13)14-8-6-7-9-15(14)17(2,3)4/h6-11,18H,5,12H2,1-4H3. The van der Waals surface area contributed by atoms with Gasteiger partial charge in [0.25, 0.3) is 0 Å². The minimum absolute atomic E-state index is 0.116. The highest BCUT2D eigenvalue weighted by molar-refractivity contribution is 5.64. The van der Waals surface area contributed by atoms with Crippen molar-refractivity contribution < 1.29 is 4.42 Å². The van der Waals surface area contributed by atoms with E-state index in [1.165, 1.54) is 11.1 Å². The number of nitrogens with one attached hydrogen (secondary N) is 1. The fraction of sp³-hybridized carbons (Fsp3) is 0.412. The Balaban J connectivity index is 2.34. The monoisotopic (exact) mass is 257 g/mol. The van der Waals surface area contributed by atoms with E-state index in [0.717, 1.165) is 24.6 Å². The molecule has 0 aliphatic carbocycles. The van der Waals surface area contributed by atoms with Crippen LogP contribution in [-0.4, -0.2) is 6.54 Å². The van der Waals surface area contributed by atoms with Crippen molar-refractivity contribution in [2.24, 2.45) is 0 Å². The Hall–Kier alpha value is -1.54. The van der Waals surface area contributed by atoms with E-state index >= 15 is 0 Å². The van der Waals surface area contributed by atoms with Crippen LogP contribution in [0, 0.1) is 0 Å². The van der Waals surface area contributed by atoms with Gasteiger partial charge in [0.15, 0.2) is 0 Å². The van der Waals surface area contributed by atoms with Crippen molar-refractivity contribution in [3.8, 4) is 11.3 Å². The van der Waals surface area contributed by atoms with Crippen LogP contribution in [0.4, 0.5) is 0 Å². The van der Waals surface area contributed by atoms with Crippen LogP contribution in [0.5, 0.6) is 0 Å². The molecule has 0 spiro atoms. The van der Waals surface area contributed by atoms with Crippen LogP contribution in [0.15, 0.2) is 40.8 Å². The first kappa shape index (κ1) is 13.9.